The van der Waals surface area contributed by atoms with Gasteiger partial charge in [-0.1, -0.05) is 35.5 Å². The molecule has 1 aromatic carbocycles. The van der Waals surface area contributed by atoms with Crippen molar-refractivity contribution in [1.29, 1.82) is 0 Å². The van der Waals surface area contributed by atoms with E-state index in [0.717, 1.165) is 48.1 Å². The molecule has 7 heteroatoms. The number of nitrogens with zero attached hydrogens (tertiary/aromatic N) is 4. The Labute approximate surface area is 168 Å². The van der Waals surface area contributed by atoms with Gasteiger partial charge in [-0.2, -0.15) is 0 Å². The number of piperazine rings is 1. The summed E-state index contributed by atoms with van der Waals surface area (Å²) in [6.45, 7) is 7.86. The van der Waals surface area contributed by atoms with Gasteiger partial charge in [-0.05, 0) is 19.4 Å². The molecule has 3 heterocycles. The van der Waals surface area contributed by atoms with Crippen molar-refractivity contribution in [2.75, 3.05) is 26.2 Å². The maximum absolute atomic E-state index is 12.8. The Morgan fingerprint density at radius 1 is 1.14 bits per heavy atom. The maximum atomic E-state index is 12.8. The standard InChI is InChI=1S/C21H24N4O2S/c1-15-18(16(2)27-23-15)13-24-8-10-25(11-9-24)21(26)19-14-28-20(22-19)12-17-6-4-3-5-7-17/h3-7,14H,8-13H2,1-2H3. The van der Waals surface area contributed by atoms with Gasteiger partial charge in [0.2, 0.25) is 0 Å². The van der Waals surface area contributed by atoms with Gasteiger partial charge in [0.25, 0.3) is 5.91 Å². The van der Waals surface area contributed by atoms with Gasteiger partial charge in [-0.15, -0.1) is 11.3 Å². The van der Waals surface area contributed by atoms with Crippen LogP contribution in [-0.4, -0.2) is 52.0 Å². The van der Waals surface area contributed by atoms with Crippen molar-refractivity contribution < 1.29 is 9.32 Å². The summed E-state index contributed by atoms with van der Waals surface area (Å²) >= 11 is 1.56. The summed E-state index contributed by atoms with van der Waals surface area (Å²) in [4.78, 5) is 21.7. The topological polar surface area (TPSA) is 62.5 Å². The fourth-order valence-electron chi connectivity index (χ4n) is 3.48. The lowest BCUT2D eigenvalue weighted by molar-refractivity contribution is 0.0622. The van der Waals surface area contributed by atoms with Crippen molar-refractivity contribution in [2.45, 2.75) is 26.8 Å². The molecule has 0 radical (unpaired) electrons. The lowest BCUT2D eigenvalue weighted by atomic mass is 10.1. The molecule has 0 aliphatic carbocycles. The highest BCUT2D eigenvalue weighted by Crippen LogP contribution is 2.19. The summed E-state index contributed by atoms with van der Waals surface area (Å²) in [7, 11) is 0. The van der Waals surface area contributed by atoms with Gasteiger partial charge in [0.1, 0.15) is 11.5 Å². The summed E-state index contributed by atoms with van der Waals surface area (Å²) in [5.74, 6) is 0.914. The molecular weight excluding hydrogens is 372 g/mol. The first-order valence-electron chi connectivity index (χ1n) is 9.52. The first-order valence-corrected chi connectivity index (χ1v) is 10.4. The molecule has 0 N–H and O–H groups in total. The van der Waals surface area contributed by atoms with Gasteiger partial charge in [-0.25, -0.2) is 4.98 Å². The molecule has 0 spiro atoms. The summed E-state index contributed by atoms with van der Waals surface area (Å²) in [6, 6.07) is 10.2. The molecule has 1 amide bonds. The maximum Gasteiger partial charge on any atom is 0.273 e. The van der Waals surface area contributed by atoms with Crippen LogP contribution in [0.25, 0.3) is 0 Å². The molecule has 0 saturated carbocycles. The number of hydrogen-bond acceptors (Lipinski definition) is 6. The molecule has 1 fully saturated rings. The van der Waals surface area contributed by atoms with Crippen LogP contribution in [0.3, 0.4) is 0 Å². The van der Waals surface area contributed by atoms with Crippen molar-refractivity contribution in [1.82, 2.24) is 19.9 Å². The zero-order valence-electron chi connectivity index (χ0n) is 16.2. The minimum Gasteiger partial charge on any atom is -0.361 e. The van der Waals surface area contributed by atoms with E-state index in [1.54, 1.807) is 11.3 Å². The molecule has 6 nitrogen and oxygen atoms in total. The normalized spacial score (nSPS) is 15.1. The van der Waals surface area contributed by atoms with Crippen molar-refractivity contribution >= 4 is 17.2 Å². The number of aryl methyl sites for hydroxylation is 2. The number of thiazole rings is 1. The number of carbonyl (C=O) groups excluding carboxylic acids is 1. The SMILES string of the molecule is Cc1noc(C)c1CN1CCN(C(=O)c2csc(Cc3ccccc3)n2)CC1. The van der Waals surface area contributed by atoms with E-state index in [4.69, 9.17) is 4.52 Å². The van der Waals surface area contributed by atoms with E-state index in [1.165, 1.54) is 5.56 Å². The first-order chi connectivity index (χ1) is 13.6. The third-order valence-electron chi connectivity index (χ3n) is 5.19. The second kappa shape index (κ2) is 8.24. The van der Waals surface area contributed by atoms with E-state index < -0.39 is 0 Å². The van der Waals surface area contributed by atoms with E-state index in [9.17, 15) is 4.79 Å². The number of benzene rings is 1. The zero-order chi connectivity index (χ0) is 19.5. The quantitative estimate of drug-likeness (QED) is 0.662. The molecule has 28 heavy (non-hydrogen) atoms. The Balaban J connectivity index is 1.33. The molecule has 0 bridgehead atoms. The summed E-state index contributed by atoms with van der Waals surface area (Å²) in [5, 5.41) is 6.89. The van der Waals surface area contributed by atoms with Crippen LogP contribution in [0.4, 0.5) is 0 Å². The van der Waals surface area contributed by atoms with Crippen LogP contribution >= 0.6 is 11.3 Å². The Morgan fingerprint density at radius 3 is 2.57 bits per heavy atom. The van der Waals surface area contributed by atoms with E-state index in [0.29, 0.717) is 18.8 Å². The number of aromatic nitrogens is 2. The van der Waals surface area contributed by atoms with Crippen LogP contribution in [0.15, 0.2) is 40.2 Å². The number of carbonyl (C=O) groups is 1. The van der Waals surface area contributed by atoms with Crippen molar-refractivity contribution in [3.63, 3.8) is 0 Å². The smallest absolute Gasteiger partial charge is 0.273 e. The van der Waals surface area contributed by atoms with Gasteiger partial charge in [0.15, 0.2) is 0 Å². The minimum atomic E-state index is 0.0348. The highest BCUT2D eigenvalue weighted by atomic mass is 32.1. The van der Waals surface area contributed by atoms with E-state index in [1.807, 2.05) is 42.3 Å². The average Bonchev–Trinajstić information content (AvgIpc) is 3.31. The Kier molecular flexibility index (Phi) is 5.54. The Hall–Kier alpha value is -2.51. The molecule has 2 aromatic heterocycles. The van der Waals surface area contributed by atoms with E-state index in [2.05, 4.69) is 27.2 Å². The highest BCUT2D eigenvalue weighted by Gasteiger charge is 2.25. The summed E-state index contributed by atoms with van der Waals surface area (Å²) < 4.78 is 5.25. The highest BCUT2D eigenvalue weighted by molar-refractivity contribution is 7.09. The third kappa shape index (κ3) is 4.15. The van der Waals surface area contributed by atoms with Gasteiger partial charge < -0.3 is 9.42 Å². The predicted octanol–water partition coefficient (Wildman–Crippen LogP) is 3.30. The predicted molar refractivity (Wildman–Crippen MR) is 109 cm³/mol. The first kappa shape index (κ1) is 18.8. The van der Waals surface area contributed by atoms with Crippen LogP contribution in [0.5, 0.6) is 0 Å². The zero-order valence-corrected chi connectivity index (χ0v) is 17.0. The average molecular weight is 397 g/mol. The molecule has 0 atom stereocenters. The molecule has 1 aliphatic heterocycles. The Bertz CT molecular complexity index is 923. The minimum absolute atomic E-state index is 0.0348. The summed E-state index contributed by atoms with van der Waals surface area (Å²) in [6.07, 6.45) is 0.768. The van der Waals surface area contributed by atoms with Crippen LogP contribution in [0.1, 0.15) is 38.1 Å². The fourth-order valence-corrected chi connectivity index (χ4v) is 4.29. The molecule has 3 aromatic rings. The van der Waals surface area contributed by atoms with Crippen molar-refractivity contribution in [2.24, 2.45) is 0 Å². The van der Waals surface area contributed by atoms with Gasteiger partial charge in [-0.3, -0.25) is 9.69 Å². The van der Waals surface area contributed by atoms with Crippen LogP contribution in [0.2, 0.25) is 0 Å². The van der Waals surface area contributed by atoms with Gasteiger partial charge in [0.05, 0.1) is 10.7 Å². The van der Waals surface area contributed by atoms with Crippen LogP contribution in [-0.2, 0) is 13.0 Å². The summed E-state index contributed by atoms with van der Waals surface area (Å²) in [5.41, 5.74) is 3.88. The lowest BCUT2D eigenvalue weighted by Crippen LogP contribution is -2.48. The molecule has 146 valence electrons. The molecule has 4 rings (SSSR count). The fraction of sp³-hybridized carbons (Fsp3) is 0.381. The molecular formula is C21H24N4O2S. The second-order valence-corrected chi connectivity index (χ2v) is 8.10. The third-order valence-corrected chi connectivity index (χ3v) is 6.04. The largest absolute Gasteiger partial charge is 0.361 e. The molecule has 1 aliphatic rings. The van der Waals surface area contributed by atoms with E-state index in [-0.39, 0.29) is 5.91 Å². The Morgan fingerprint density at radius 2 is 1.89 bits per heavy atom. The van der Waals surface area contributed by atoms with E-state index >= 15 is 0 Å². The van der Waals surface area contributed by atoms with Gasteiger partial charge in [0, 0.05) is 50.1 Å². The monoisotopic (exact) mass is 396 g/mol. The number of rotatable bonds is 5. The number of hydrogen-bond donors (Lipinski definition) is 0. The van der Waals surface area contributed by atoms with Gasteiger partial charge >= 0.3 is 0 Å². The molecule has 0 unspecified atom stereocenters. The van der Waals surface area contributed by atoms with Crippen LogP contribution in [0, 0.1) is 13.8 Å². The van der Waals surface area contributed by atoms with Crippen molar-refractivity contribution in [3.8, 4) is 0 Å². The number of amides is 1. The lowest BCUT2D eigenvalue weighted by Gasteiger charge is -2.34. The van der Waals surface area contributed by atoms with Crippen molar-refractivity contribution in [3.05, 3.63) is 69.0 Å². The second-order valence-electron chi connectivity index (χ2n) is 7.16. The van der Waals surface area contributed by atoms with Crippen LogP contribution < -0.4 is 0 Å². The molecule has 1 saturated heterocycles.